The molecule has 1 N–H and O–H groups in total. The van der Waals surface area contributed by atoms with E-state index in [-0.39, 0.29) is 37.0 Å². The molecule has 3 aromatic rings. The zero-order valence-corrected chi connectivity index (χ0v) is 19.8. The number of hydrogen-bond donors (Lipinski definition) is 1. The molecule has 0 unspecified atom stereocenters. The van der Waals surface area contributed by atoms with Crippen molar-refractivity contribution in [1.82, 2.24) is 9.21 Å². The van der Waals surface area contributed by atoms with Crippen molar-refractivity contribution in [2.75, 3.05) is 44.6 Å². The second-order valence-corrected chi connectivity index (χ2v) is 9.94. The molecular weight excluding hydrogens is 454 g/mol. The quantitative estimate of drug-likeness (QED) is 0.522. The molecule has 0 aliphatic carbocycles. The van der Waals surface area contributed by atoms with Gasteiger partial charge in [0.1, 0.15) is 0 Å². The van der Waals surface area contributed by atoms with E-state index in [9.17, 15) is 18.0 Å². The first-order valence-electron chi connectivity index (χ1n) is 11.2. The van der Waals surface area contributed by atoms with Gasteiger partial charge in [-0.25, -0.2) is 13.2 Å². The minimum Gasteiger partial charge on any atom is -0.462 e. The highest BCUT2D eigenvalue weighted by atomic mass is 32.2. The van der Waals surface area contributed by atoms with Gasteiger partial charge < -0.3 is 10.1 Å². The van der Waals surface area contributed by atoms with Crippen molar-refractivity contribution < 1.29 is 22.7 Å². The average molecular weight is 482 g/mol. The third kappa shape index (κ3) is 5.27. The standard InChI is InChI=1S/C25H27N3O5S/c1-2-33-25(30)20-10-12-21(13-11-20)34(31,32)28-16-14-27(15-17-28)18-24(29)26-23-9-5-7-19-6-3-4-8-22(19)23/h3-13H,2,14-18H2,1H3,(H,26,29). The molecule has 8 nitrogen and oxygen atoms in total. The Morgan fingerprint density at radius 3 is 2.29 bits per heavy atom. The molecule has 0 atom stereocenters. The van der Waals surface area contributed by atoms with Crippen LogP contribution >= 0.6 is 0 Å². The van der Waals surface area contributed by atoms with E-state index in [0.29, 0.717) is 18.7 Å². The summed E-state index contributed by atoms with van der Waals surface area (Å²) in [5, 5.41) is 5.00. The summed E-state index contributed by atoms with van der Waals surface area (Å²) in [6.07, 6.45) is 0. The molecule has 0 aromatic heterocycles. The van der Waals surface area contributed by atoms with Crippen molar-refractivity contribution in [2.24, 2.45) is 0 Å². The zero-order chi connectivity index (χ0) is 24.1. The van der Waals surface area contributed by atoms with Crippen LogP contribution in [0.5, 0.6) is 0 Å². The Labute approximate surface area is 199 Å². The van der Waals surface area contributed by atoms with Crippen molar-refractivity contribution in [1.29, 1.82) is 0 Å². The maximum atomic E-state index is 13.0. The molecule has 4 rings (SSSR count). The fourth-order valence-electron chi connectivity index (χ4n) is 3.98. The summed E-state index contributed by atoms with van der Waals surface area (Å²) in [4.78, 5) is 26.5. The molecule has 0 spiro atoms. The van der Waals surface area contributed by atoms with E-state index in [0.717, 1.165) is 16.5 Å². The lowest BCUT2D eigenvalue weighted by molar-refractivity contribution is -0.117. The topological polar surface area (TPSA) is 96.0 Å². The molecule has 3 aromatic carbocycles. The first-order chi connectivity index (χ1) is 16.4. The van der Waals surface area contributed by atoms with Gasteiger partial charge in [-0.3, -0.25) is 9.69 Å². The second-order valence-electron chi connectivity index (χ2n) is 8.00. The predicted molar refractivity (Wildman–Crippen MR) is 130 cm³/mol. The minimum absolute atomic E-state index is 0.127. The number of rotatable bonds is 7. The number of hydrogen-bond acceptors (Lipinski definition) is 6. The number of amides is 1. The number of sulfonamides is 1. The Hall–Kier alpha value is -3.27. The lowest BCUT2D eigenvalue weighted by atomic mass is 10.1. The number of anilines is 1. The van der Waals surface area contributed by atoms with Gasteiger partial charge in [0.05, 0.1) is 23.6 Å². The van der Waals surface area contributed by atoms with Crippen molar-refractivity contribution in [3.8, 4) is 0 Å². The van der Waals surface area contributed by atoms with Crippen LogP contribution in [0.25, 0.3) is 10.8 Å². The Morgan fingerprint density at radius 1 is 0.912 bits per heavy atom. The van der Waals surface area contributed by atoms with E-state index >= 15 is 0 Å². The number of carbonyl (C=O) groups is 2. The van der Waals surface area contributed by atoms with Gasteiger partial charge in [0.2, 0.25) is 15.9 Å². The van der Waals surface area contributed by atoms with Gasteiger partial charge in [-0.15, -0.1) is 0 Å². The van der Waals surface area contributed by atoms with Crippen LogP contribution in [-0.4, -0.2) is 68.8 Å². The van der Waals surface area contributed by atoms with Gasteiger partial charge in [-0.2, -0.15) is 4.31 Å². The second kappa shape index (κ2) is 10.3. The van der Waals surface area contributed by atoms with E-state index in [1.807, 2.05) is 47.4 Å². The maximum absolute atomic E-state index is 13.0. The smallest absolute Gasteiger partial charge is 0.338 e. The molecule has 34 heavy (non-hydrogen) atoms. The molecule has 1 aliphatic heterocycles. The molecule has 1 aliphatic rings. The molecule has 1 saturated heterocycles. The van der Waals surface area contributed by atoms with Crippen LogP contribution in [0.2, 0.25) is 0 Å². The van der Waals surface area contributed by atoms with Crippen molar-refractivity contribution in [3.63, 3.8) is 0 Å². The summed E-state index contributed by atoms with van der Waals surface area (Å²) in [6, 6.07) is 19.4. The van der Waals surface area contributed by atoms with Gasteiger partial charge in [0, 0.05) is 37.3 Å². The van der Waals surface area contributed by atoms with E-state index in [1.54, 1.807) is 6.92 Å². The van der Waals surface area contributed by atoms with E-state index < -0.39 is 16.0 Å². The molecule has 0 bridgehead atoms. The number of esters is 1. The number of benzene rings is 3. The molecule has 0 saturated carbocycles. The summed E-state index contributed by atoms with van der Waals surface area (Å²) < 4.78 is 32.3. The fourth-order valence-corrected chi connectivity index (χ4v) is 5.40. The summed E-state index contributed by atoms with van der Waals surface area (Å²) in [5.41, 5.74) is 1.07. The van der Waals surface area contributed by atoms with Crippen LogP contribution < -0.4 is 5.32 Å². The average Bonchev–Trinajstić information content (AvgIpc) is 2.85. The Kier molecular flexibility index (Phi) is 7.26. The largest absolute Gasteiger partial charge is 0.462 e. The molecule has 1 fully saturated rings. The highest BCUT2D eigenvalue weighted by Crippen LogP contribution is 2.23. The summed E-state index contributed by atoms with van der Waals surface area (Å²) in [5.74, 6) is -0.621. The van der Waals surface area contributed by atoms with Crippen LogP contribution in [0.15, 0.2) is 71.6 Å². The highest BCUT2D eigenvalue weighted by Gasteiger charge is 2.29. The minimum atomic E-state index is -3.69. The highest BCUT2D eigenvalue weighted by molar-refractivity contribution is 7.89. The number of piperazine rings is 1. The number of fused-ring (bicyclic) bond motifs is 1. The summed E-state index contributed by atoms with van der Waals surface area (Å²) >= 11 is 0. The number of ether oxygens (including phenoxy) is 1. The third-order valence-corrected chi connectivity index (χ3v) is 7.68. The van der Waals surface area contributed by atoms with Crippen LogP contribution in [0, 0.1) is 0 Å². The van der Waals surface area contributed by atoms with Crippen molar-refractivity contribution >= 4 is 38.4 Å². The number of nitrogens with zero attached hydrogens (tertiary/aromatic N) is 2. The first-order valence-corrected chi connectivity index (χ1v) is 12.6. The van der Waals surface area contributed by atoms with Crippen molar-refractivity contribution in [3.05, 3.63) is 72.3 Å². The Morgan fingerprint density at radius 2 is 1.59 bits per heavy atom. The molecule has 9 heteroatoms. The van der Waals surface area contributed by atoms with Gasteiger partial charge in [-0.05, 0) is 42.6 Å². The monoisotopic (exact) mass is 481 g/mol. The SMILES string of the molecule is CCOC(=O)c1ccc(S(=O)(=O)N2CCN(CC(=O)Nc3cccc4ccccc34)CC2)cc1. The maximum Gasteiger partial charge on any atom is 0.338 e. The third-order valence-electron chi connectivity index (χ3n) is 5.77. The van der Waals surface area contributed by atoms with Crippen LogP contribution in [0.1, 0.15) is 17.3 Å². The fraction of sp³-hybridized carbons (Fsp3) is 0.280. The van der Waals surface area contributed by atoms with Gasteiger partial charge in [0.15, 0.2) is 0 Å². The molecular formula is C25H27N3O5S. The molecule has 1 amide bonds. The van der Waals surface area contributed by atoms with Crippen LogP contribution in [0.4, 0.5) is 5.69 Å². The van der Waals surface area contributed by atoms with Gasteiger partial charge >= 0.3 is 5.97 Å². The number of nitrogens with one attached hydrogen (secondary N) is 1. The summed E-state index contributed by atoms with van der Waals surface area (Å²) in [6.45, 7) is 3.61. The first kappa shape index (κ1) is 23.9. The Balaban J connectivity index is 1.33. The predicted octanol–water partition coefficient (Wildman–Crippen LogP) is 2.96. The molecule has 178 valence electrons. The molecule has 1 heterocycles. The lowest BCUT2D eigenvalue weighted by Gasteiger charge is -2.33. The zero-order valence-electron chi connectivity index (χ0n) is 18.9. The van der Waals surface area contributed by atoms with E-state index in [1.165, 1.54) is 28.6 Å². The van der Waals surface area contributed by atoms with Gasteiger partial charge in [0.25, 0.3) is 0 Å². The van der Waals surface area contributed by atoms with Gasteiger partial charge in [-0.1, -0.05) is 36.4 Å². The summed E-state index contributed by atoms with van der Waals surface area (Å²) in [7, 11) is -3.69. The van der Waals surface area contributed by atoms with E-state index in [2.05, 4.69) is 5.32 Å². The Bertz CT molecular complexity index is 1280. The van der Waals surface area contributed by atoms with Crippen LogP contribution in [0.3, 0.4) is 0 Å². The lowest BCUT2D eigenvalue weighted by Crippen LogP contribution is -2.50. The number of carbonyl (C=O) groups excluding carboxylic acids is 2. The van der Waals surface area contributed by atoms with Crippen LogP contribution in [-0.2, 0) is 19.6 Å². The van der Waals surface area contributed by atoms with E-state index in [4.69, 9.17) is 4.74 Å². The normalized spacial score (nSPS) is 15.2. The molecule has 0 radical (unpaired) electrons. The van der Waals surface area contributed by atoms with Crippen molar-refractivity contribution in [2.45, 2.75) is 11.8 Å².